The van der Waals surface area contributed by atoms with E-state index in [4.69, 9.17) is 28.9 Å². The van der Waals surface area contributed by atoms with Crippen molar-refractivity contribution < 1.29 is 22.8 Å². The predicted octanol–water partition coefficient (Wildman–Crippen LogP) is 0.603. The van der Waals surface area contributed by atoms with Crippen LogP contribution in [-0.2, 0) is 30.8 Å². The van der Waals surface area contributed by atoms with Crippen molar-refractivity contribution in [3.05, 3.63) is 63.1 Å². The Morgan fingerprint density at radius 2 is 1.76 bits per heavy atom. The fourth-order valence-electron chi connectivity index (χ4n) is 3.60. The molecule has 0 atom stereocenters. The van der Waals surface area contributed by atoms with Gasteiger partial charge < -0.3 is 21.7 Å². The van der Waals surface area contributed by atoms with Gasteiger partial charge in [0.15, 0.2) is 0 Å². The van der Waals surface area contributed by atoms with Crippen LogP contribution in [0.15, 0.2) is 46.3 Å². The molecule has 1 aliphatic rings. The number of nitrogens with two attached hydrogens (primary N) is 1. The highest BCUT2D eigenvalue weighted by molar-refractivity contribution is 7.89. The normalized spacial score (nSPS) is 13.1. The Morgan fingerprint density at radius 1 is 1.05 bits per heavy atom. The number of sulfonamides is 1. The Kier molecular flexibility index (Phi) is 10.1. The number of carbonyl (C=O) groups excluding carboxylic acids is 3. The minimum absolute atomic E-state index is 0.134. The second-order valence-corrected chi connectivity index (χ2v) is 11.1. The number of primary amides is 1. The van der Waals surface area contributed by atoms with Gasteiger partial charge in [0.25, 0.3) is 0 Å². The van der Waals surface area contributed by atoms with Crippen LogP contribution in [0.25, 0.3) is 0 Å². The van der Waals surface area contributed by atoms with Gasteiger partial charge in [-0.05, 0) is 36.6 Å². The predicted molar refractivity (Wildman–Crippen MR) is 145 cm³/mol. The van der Waals surface area contributed by atoms with Gasteiger partial charge in [-0.3, -0.25) is 19.4 Å². The van der Waals surface area contributed by atoms with Crippen LogP contribution in [0.3, 0.4) is 0 Å². The Bertz CT molecular complexity index is 1350. The monoisotopic (exact) mass is 582 g/mol. The van der Waals surface area contributed by atoms with Crippen molar-refractivity contribution in [1.82, 2.24) is 20.3 Å². The van der Waals surface area contributed by atoms with Crippen molar-refractivity contribution in [2.75, 3.05) is 39.3 Å². The molecule has 11 nitrogen and oxygen atoms in total. The van der Waals surface area contributed by atoms with E-state index in [9.17, 15) is 22.8 Å². The van der Waals surface area contributed by atoms with E-state index in [0.717, 1.165) is 30.1 Å². The van der Waals surface area contributed by atoms with Gasteiger partial charge in [0, 0.05) is 23.7 Å². The van der Waals surface area contributed by atoms with Crippen LogP contribution >= 0.6 is 23.2 Å². The molecule has 3 rings (SSSR count). The van der Waals surface area contributed by atoms with Gasteiger partial charge in [-0.1, -0.05) is 47.5 Å². The van der Waals surface area contributed by atoms with Gasteiger partial charge in [-0.15, -0.1) is 0 Å². The lowest BCUT2D eigenvalue weighted by Gasteiger charge is -2.21. The molecule has 5 N–H and O–H groups in total. The Labute approximate surface area is 230 Å². The number of amides is 3. The lowest BCUT2D eigenvalue weighted by Crippen LogP contribution is -2.46. The molecule has 0 unspecified atom stereocenters. The molecule has 38 heavy (non-hydrogen) atoms. The Hall–Kier alpha value is -3.19. The second kappa shape index (κ2) is 13.1. The average Bonchev–Trinajstić information content (AvgIpc) is 3.41. The van der Waals surface area contributed by atoms with Crippen molar-refractivity contribution >= 4 is 56.8 Å². The number of hydrogen-bond acceptors (Lipinski definition) is 7. The van der Waals surface area contributed by atoms with Crippen molar-refractivity contribution in [2.24, 2.45) is 10.7 Å². The summed E-state index contributed by atoms with van der Waals surface area (Å²) in [5.41, 5.74) is 7.53. The summed E-state index contributed by atoms with van der Waals surface area (Å²) in [4.78, 5) is 40.2. The summed E-state index contributed by atoms with van der Waals surface area (Å²) in [5.74, 6) is -1.36. The first kappa shape index (κ1) is 29.4. The van der Waals surface area contributed by atoms with Crippen LogP contribution in [0.1, 0.15) is 16.7 Å². The maximum absolute atomic E-state index is 13.1. The second-order valence-electron chi connectivity index (χ2n) is 8.45. The zero-order chi connectivity index (χ0) is 27.9. The summed E-state index contributed by atoms with van der Waals surface area (Å²) in [6.45, 7) is 1.57. The quantitative estimate of drug-likeness (QED) is 0.286. The summed E-state index contributed by atoms with van der Waals surface area (Å²) >= 11 is 12.1. The topological polar surface area (TPSA) is 163 Å². The smallest absolute Gasteiger partial charge is 0.245 e. The zero-order valence-electron chi connectivity index (χ0n) is 20.6. The van der Waals surface area contributed by atoms with Gasteiger partial charge in [0.1, 0.15) is 10.7 Å². The molecule has 3 amide bonds. The van der Waals surface area contributed by atoms with E-state index in [1.807, 2.05) is 24.3 Å². The highest BCUT2D eigenvalue weighted by Crippen LogP contribution is 2.31. The molecule has 0 fully saturated rings. The molecule has 2 aromatic carbocycles. The largest absolute Gasteiger partial charge is 0.369 e. The van der Waals surface area contributed by atoms with Crippen molar-refractivity contribution in [3.8, 4) is 0 Å². The van der Waals surface area contributed by atoms with Gasteiger partial charge in [0.2, 0.25) is 27.7 Å². The van der Waals surface area contributed by atoms with Gasteiger partial charge in [-0.2, -0.15) is 4.31 Å². The fraction of sp³-hybridized carbons (Fsp3) is 0.333. The molecule has 0 spiro atoms. The van der Waals surface area contributed by atoms with Crippen LogP contribution < -0.4 is 21.7 Å². The zero-order valence-corrected chi connectivity index (χ0v) is 22.9. The highest BCUT2D eigenvalue weighted by atomic mass is 35.5. The number of carbonyl (C=O) groups is 3. The van der Waals surface area contributed by atoms with E-state index in [1.54, 1.807) is 0 Å². The third-order valence-corrected chi connectivity index (χ3v) is 8.48. The number of halogens is 2. The highest BCUT2D eigenvalue weighted by Gasteiger charge is 2.31. The maximum atomic E-state index is 13.1. The summed E-state index contributed by atoms with van der Waals surface area (Å²) in [5, 5.41) is 8.37. The first-order valence-corrected chi connectivity index (χ1v) is 13.8. The molecule has 14 heteroatoms. The van der Waals surface area contributed by atoms with Crippen LogP contribution in [0, 0.1) is 6.92 Å². The molecular formula is C24H28Cl2N6O5S. The van der Waals surface area contributed by atoms with E-state index < -0.39 is 40.8 Å². The SMILES string of the molecule is Cc1c(Cl)ccc(S(=O)(=O)N(CC(N)=O)CC(=O)NCC(=O)NCCc2ccc(C3=NCCN3)cc2)c1Cl. The van der Waals surface area contributed by atoms with Crippen molar-refractivity contribution in [3.63, 3.8) is 0 Å². The molecule has 0 radical (unpaired) electrons. The standard InChI is InChI=1S/C24H28Cl2N6O5S/c1-15-18(25)6-7-19(23(15)26)38(36,37)32(13-20(27)33)14-22(35)31-12-21(34)28-9-8-16-2-4-17(5-3-16)24-29-10-11-30-24/h2-7H,8-14H2,1H3,(H2,27,33)(H,28,34)(H,29,30)(H,31,35). The van der Waals surface area contributed by atoms with Crippen molar-refractivity contribution in [2.45, 2.75) is 18.2 Å². The number of amidine groups is 1. The average molecular weight is 583 g/mol. The molecular weight excluding hydrogens is 555 g/mol. The van der Waals surface area contributed by atoms with Crippen LogP contribution in [0.5, 0.6) is 0 Å². The summed E-state index contributed by atoms with van der Waals surface area (Å²) in [6.07, 6.45) is 0.575. The van der Waals surface area contributed by atoms with E-state index in [1.165, 1.54) is 19.1 Å². The molecule has 0 aliphatic carbocycles. The van der Waals surface area contributed by atoms with E-state index in [0.29, 0.717) is 22.8 Å². The molecule has 0 aromatic heterocycles. The summed E-state index contributed by atoms with van der Waals surface area (Å²) < 4.78 is 26.8. The molecule has 204 valence electrons. The van der Waals surface area contributed by atoms with Gasteiger partial charge in [0.05, 0.1) is 31.2 Å². The van der Waals surface area contributed by atoms with Crippen LogP contribution in [-0.4, -0.2) is 75.5 Å². The number of benzene rings is 2. The molecule has 2 aromatic rings. The molecule has 0 bridgehead atoms. The minimum Gasteiger partial charge on any atom is -0.369 e. The fourth-order valence-corrected chi connectivity index (χ4v) is 5.74. The first-order valence-electron chi connectivity index (χ1n) is 11.6. The number of rotatable bonds is 12. The number of hydrogen-bond donors (Lipinski definition) is 4. The Balaban J connectivity index is 1.51. The van der Waals surface area contributed by atoms with Crippen LogP contribution in [0.4, 0.5) is 0 Å². The molecule has 0 saturated heterocycles. The third-order valence-electron chi connectivity index (χ3n) is 5.64. The van der Waals surface area contributed by atoms with Gasteiger partial charge in [-0.25, -0.2) is 8.42 Å². The summed E-state index contributed by atoms with van der Waals surface area (Å²) in [7, 11) is -4.38. The maximum Gasteiger partial charge on any atom is 0.245 e. The van der Waals surface area contributed by atoms with Crippen LogP contribution in [0.2, 0.25) is 10.0 Å². The van der Waals surface area contributed by atoms with E-state index in [-0.39, 0.29) is 21.5 Å². The van der Waals surface area contributed by atoms with Gasteiger partial charge >= 0.3 is 0 Å². The number of aliphatic imine (C=N–C) groups is 1. The number of nitrogens with zero attached hydrogens (tertiary/aromatic N) is 2. The third kappa shape index (κ3) is 7.67. The number of nitrogens with one attached hydrogen (secondary N) is 3. The van der Waals surface area contributed by atoms with Crippen molar-refractivity contribution in [1.29, 1.82) is 0 Å². The lowest BCUT2D eigenvalue weighted by molar-refractivity contribution is -0.126. The first-order chi connectivity index (χ1) is 18.0. The molecule has 0 saturated carbocycles. The Morgan fingerprint density at radius 3 is 2.39 bits per heavy atom. The lowest BCUT2D eigenvalue weighted by atomic mass is 10.1. The van der Waals surface area contributed by atoms with E-state index in [2.05, 4.69) is 20.9 Å². The van der Waals surface area contributed by atoms with E-state index >= 15 is 0 Å². The molecule has 1 heterocycles. The minimum atomic E-state index is -4.38. The summed E-state index contributed by atoms with van der Waals surface area (Å²) in [6, 6.07) is 10.3. The molecule has 1 aliphatic heterocycles.